The highest BCUT2D eigenvalue weighted by Gasteiger charge is 2.37. The second kappa shape index (κ2) is 10.7. The molecule has 1 atom stereocenters. The predicted molar refractivity (Wildman–Crippen MR) is 120 cm³/mol. The number of halogens is 9. The minimum atomic E-state index is -4.65. The van der Waals surface area contributed by atoms with Crippen LogP contribution in [0.4, 0.5) is 32.0 Å². The first-order valence-electron chi connectivity index (χ1n) is 9.73. The molecular formula is C20H16Cl3F6N3OS. The van der Waals surface area contributed by atoms with Crippen molar-refractivity contribution >= 4 is 57.5 Å². The van der Waals surface area contributed by atoms with E-state index in [2.05, 4.69) is 15.3 Å². The monoisotopic (exact) mass is 565 g/mol. The number of hydrogen-bond acceptors (Lipinski definition) is 3. The van der Waals surface area contributed by atoms with Gasteiger partial charge in [-0.1, -0.05) is 34.8 Å². The van der Waals surface area contributed by atoms with Crippen LogP contribution in [0.15, 0.2) is 34.3 Å². The molecule has 0 radical (unpaired) electrons. The fraction of sp³-hybridized carbons (Fsp3) is 0.400. The molecule has 1 saturated carbocycles. The van der Waals surface area contributed by atoms with Gasteiger partial charge in [-0.25, -0.2) is 4.99 Å². The first-order valence-corrected chi connectivity index (χ1v) is 12.2. The molecular weight excluding hydrogens is 551 g/mol. The number of hydrogen-bond donors (Lipinski definition) is 1. The molecule has 0 bridgehead atoms. The van der Waals surface area contributed by atoms with E-state index in [0.29, 0.717) is 12.0 Å². The molecule has 14 heteroatoms. The van der Waals surface area contributed by atoms with Crippen LogP contribution in [0.1, 0.15) is 24.1 Å². The summed E-state index contributed by atoms with van der Waals surface area (Å²) in [5.74, 6) is -1.03. The average molecular weight is 567 g/mol. The van der Waals surface area contributed by atoms with E-state index in [1.165, 1.54) is 6.07 Å². The van der Waals surface area contributed by atoms with Gasteiger partial charge >= 0.3 is 12.4 Å². The Bertz CT molecular complexity index is 1080. The number of aliphatic imine (C=N–C) groups is 1. The van der Waals surface area contributed by atoms with E-state index in [4.69, 9.17) is 34.8 Å². The second-order valence-electron chi connectivity index (χ2n) is 7.44. The highest BCUT2D eigenvalue weighted by molar-refractivity contribution is 7.91. The summed E-state index contributed by atoms with van der Waals surface area (Å²) < 4.78 is 88.3. The van der Waals surface area contributed by atoms with Gasteiger partial charge in [0.05, 0.1) is 32.0 Å². The zero-order valence-electron chi connectivity index (χ0n) is 17.0. The van der Waals surface area contributed by atoms with Crippen LogP contribution in [0.3, 0.4) is 0 Å². The Morgan fingerprint density at radius 2 is 1.74 bits per heavy atom. The maximum atomic E-state index is 12.8. The van der Waals surface area contributed by atoms with Crippen LogP contribution >= 0.6 is 34.8 Å². The van der Waals surface area contributed by atoms with Crippen molar-refractivity contribution in [1.82, 2.24) is 10.3 Å². The molecule has 1 heterocycles. The van der Waals surface area contributed by atoms with Gasteiger partial charge in [0, 0.05) is 31.1 Å². The molecule has 1 aliphatic carbocycles. The summed E-state index contributed by atoms with van der Waals surface area (Å²) in [4.78, 5) is 7.94. The molecule has 3 rings (SSSR count). The van der Waals surface area contributed by atoms with Gasteiger partial charge in [-0.05, 0) is 36.2 Å². The van der Waals surface area contributed by atoms with Gasteiger partial charge in [-0.15, -0.1) is 0 Å². The van der Waals surface area contributed by atoms with Crippen molar-refractivity contribution in [3.05, 3.63) is 50.7 Å². The summed E-state index contributed by atoms with van der Waals surface area (Å²) in [6.07, 6.45) is -6.69. The van der Waals surface area contributed by atoms with Crippen molar-refractivity contribution in [3.63, 3.8) is 0 Å². The van der Waals surface area contributed by atoms with Gasteiger partial charge in [0.15, 0.2) is 4.90 Å². The van der Waals surface area contributed by atoms with Crippen LogP contribution in [0.2, 0.25) is 15.1 Å². The summed E-state index contributed by atoms with van der Waals surface area (Å²) in [6.45, 7) is 0.228. The lowest BCUT2D eigenvalue weighted by atomic mass is 10.2. The summed E-state index contributed by atoms with van der Waals surface area (Å²) in [6, 6.07) is 3.14. The number of nitrogens with zero attached hydrogens (tertiary/aromatic N) is 2. The lowest BCUT2D eigenvalue weighted by Crippen LogP contribution is -2.27. The van der Waals surface area contributed by atoms with Crippen molar-refractivity contribution in [2.24, 2.45) is 10.9 Å². The van der Waals surface area contributed by atoms with Crippen molar-refractivity contribution in [2.75, 3.05) is 12.3 Å². The van der Waals surface area contributed by atoms with Crippen LogP contribution in [0, 0.1) is 5.92 Å². The summed E-state index contributed by atoms with van der Waals surface area (Å²) >= 11 is 15.6. The third kappa shape index (κ3) is 7.55. The van der Waals surface area contributed by atoms with Crippen LogP contribution in [0.25, 0.3) is 0 Å². The van der Waals surface area contributed by atoms with Crippen LogP contribution in [-0.2, 0) is 23.8 Å². The van der Waals surface area contributed by atoms with Crippen LogP contribution in [-0.4, -0.2) is 33.8 Å². The molecule has 186 valence electrons. The average Bonchev–Trinajstić information content (AvgIpc) is 3.53. The van der Waals surface area contributed by atoms with E-state index in [1.54, 1.807) is 0 Å². The largest absolute Gasteiger partial charge is 0.611 e. The van der Waals surface area contributed by atoms with E-state index in [1.807, 2.05) is 0 Å². The Kier molecular flexibility index (Phi) is 8.55. The molecule has 0 spiro atoms. The Labute approximate surface area is 208 Å². The third-order valence-corrected chi connectivity index (χ3v) is 7.13. The molecule has 1 fully saturated rings. The van der Waals surface area contributed by atoms with Gasteiger partial charge in [-0.2, -0.15) is 26.3 Å². The molecule has 1 N–H and O–H groups in total. The number of amidine groups is 1. The fourth-order valence-electron chi connectivity index (χ4n) is 2.88. The number of rotatable bonds is 7. The summed E-state index contributed by atoms with van der Waals surface area (Å²) in [7, 11) is 0. The lowest BCUT2D eigenvalue weighted by Gasteiger charge is -2.15. The third-order valence-electron chi connectivity index (χ3n) is 4.66. The summed E-state index contributed by atoms with van der Waals surface area (Å²) in [5, 5.41) is 2.82. The maximum Gasteiger partial charge on any atom is 0.433 e. The molecule has 1 aliphatic rings. The molecule has 0 aliphatic heterocycles. The van der Waals surface area contributed by atoms with E-state index in [-0.39, 0.29) is 50.2 Å². The Morgan fingerprint density at radius 1 is 1.06 bits per heavy atom. The molecule has 4 nitrogen and oxygen atoms in total. The molecule has 0 saturated heterocycles. The second-order valence-corrected chi connectivity index (χ2v) is 10.1. The number of pyridine rings is 1. The fourth-order valence-corrected chi connectivity index (χ4v) is 4.80. The Hall–Kier alpha value is -1.40. The minimum absolute atomic E-state index is 0.0481. The smallest absolute Gasteiger partial charge is 0.433 e. The zero-order valence-corrected chi connectivity index (χ0v) is 20.1. The van der Waals surface area contributed by atoms with Gasteiger partial charge in [0.25, 0.3) is 0 Å². The topological polar surface area (TPSA) is 60.3 Å². The first kappa shape index (κ1) is 27.2. The maximum absolute atomic E-state index is 12.8. The quantitative estimate of drug-likeness (QED) is 0.170. The minimum Gasteiger partial charge on any atom is -0.611 e. The van der Waals surface area contributed by atoms with Crippen molar-refractivity contribution in [2.45, 2.75) is 36.5 Å². The zero-order chi connectivity index (χ0) is 25.3. The molecule has 1 aromatic carbocycles. The van der Waals surface area contributed by atoms with Crippen LogP contribution < -0.4 is 5.32 Å². The molecule has 34 heavy (non-hydrogen) atoms. The highest BCUT2D eigenvalue weighted by atomic mass is 35.5. The van der Waals surface area contributed by atoms with E-state index >= 15 is 0 Å². The van der Waals surface area contributed by atoms with Gasteiger partial charge in [0.2, 0.25) is 5.75 Å². The summed E-state index contributed by atoms with van der Waals surface area (Å²) in [5.41, 5.74) is -0.603. The number of benzene rings is 1. The number of nitrogens with one attached hydrogen (secondary N) is 1. The van der Waals surface area contributed by atoms with E-state index < -0.39 is 34.8 Å². The van der Waals surface area contributed by atoms with Crippen molar-refractivity contribution < 1.29 is 30.9 Å². The van der Waals surface area contributed by atoms with Gasteiger partial charge < -0.3 is 9.87 Å². The van der Waals surface area contributed by atoms with Gasteiger partial charge in [-0.3, -0.25) is 4.98 Å². The van der Waals surface area contributed by atoms with Crippen molar-refractivity contribution in [3.8, 4) is 0 Å². The molecule has 1 aromatic heterocycles. The Balaban J connectivity index is 1.75. The predicted octanol–water partition coefficient (Wildman–Crippen LogP) is 7.00. The SMILES string of the molecule is [O-][S+](CC(F)(F)F)c1cc(/N=C(\NCCc2ncc(C(F)(F)F)cc2Cl)C2CC2)c(Cl)cc1Cl. The standard InChI is InChI=1S/C20H16Cl3F6N3OS/c21-12-5-11(20(27,28)29)8-31-15(12)3-4-30-18(10-1-2-10)32-16-7-17(14(23)6-13(16)22)34(33)9-19(24,25)26/h5-8,10H,1-4,9H2,(H,30,32). The van der Waals surface area contributed by atoms with E-state index in [0.717, 1.165) is 25.0 Å². The highest BCUT2D eigenvalue weighted by Crippen LogP contribution is 2.38. The molecule has 1 unspecified atom stereocenters. The first-order chi connectivity index (χ1) is 15.7. The van der Waals surface area contributed by atoms with E-state index in [9.17, 15) is 30.9 Å². The Morgan fingerprint density at radius 3 is 2.29 bits per heavy atom. The van der Waals surface area contributed by atoms with Crippen molar-refractivity contribution in [1.29, 1.82) is 0 Å². The lowest BCUT2D eigenvalue weighted by molar-refractivity contribution is -0.137. The van der Waals surface area contributed by atoms with Crippen LogP contribution in [0.5, 0.6) is 0 Å². The van der Waals surface area contributed by atoms with Gasteiger partial charge in [0.1, 0.15) is 5.84 Å². The normalized spacial score (nSPS) is 16.0. The molecule has 2 aromatic rings. The molecule has 0 amide bonds. The number of alkyl halides is 6. The number of aromatic nitrogens is 1.